The molecule has 0 radical (unpaired) electrons. The molecule has 3 aromatic rings. The first-order valence-electron chi connectivity index (χ1n) is 19.4. The second kappa shape index (κ2) is 16.5. The number of likely N-dealkylation sites (tertiary alicyclic amines) is 2. The van der Waals surface area contributed by atoms with E-state index >= 15 is 0 Å². The average Bonchev–Trinajstić information content (AvgIpc) is 3.88. The maximum Gasteiger partial charge on any atom is 0.410 e. The lowest BCUT2D eigenvalue weighted by molar-refractivity contribution is -0.141. The second-order valence-corrected chi connectivity index (χ2v) is 16.4. The minimum absolute atomic E-state index is 0.0719. The maximum atomic E-state index is 14.2. The Morgan fingerprint density at radius 3 is 2.20 bits per heavy atom. The van der Waals surface area contributed by atoms with E-state index in [2.05, 4.69) is 20.5 Å². The summed E-state index contributed by atoms with van der Waals surface area (Å²) in [6, 6.07) is 10.6. The number of aliphatic hydroxyl groups excluding tert-OH is 1. The van der Waals surface area contributed by atoms with Gasteiger partial charge in [-0.1, -0.05) is 43.3 Å². The van der Waals surface area contributed by atoms with Gasteiger partial charge in [0.25, 0.3) is 0 Å². The van der Waals surface area contributed by atoms with Crippen LogP contribution in [0.1, 0.15) is 96.9 Å². The average molecular weight is 748 g/mol. The molecule has 0 aliphatic carbocycles. The predicted molar refractivity (Wildman–Crippen MR) is 203 cm³/mol. The molecule has 6 rings (SSSR count). The number of carbonyl (C=O) groups is 3. The molecular formula is C40H57N7O7. The minimum Gasteiger partial charge on any atom is -0.444 e. The zero-order valence-electron chi connectivity index (χ0n) is 32.7. The van der Waals surface area contributed by atoms with Crippen LogP contribution in [0.25, 0.3) is 11.3 Å². The van der Waals surface area contributed by atoms with Crippen molar-refractivity contribution in [2.24, 2.45) is 13.0 Å². The monoisotopic (exact) mass is 747 g/mol. The third-order valence-corrected chi connectivity index (χ3v) is 10.8. The summed E-state index contributed by atoms with van der Waals surface area (Å²) in [6.45, 7) is 14.2. The summed E-state index contributed by atoms with van der Waals surface area (Å²) in [6.07, 6.45) is 4.30. The highest BCUT2D eigenvalue weighted by atomic mass is 16.6. The van der Waals surface area contributed by atoms with Crippen molar-refractivity contribution in [2.45, 2.75) is 116 Å². The van der Waals surface area contributed by atoms with E-state index in [0.717, 1.165) is 55.6 Å². The van der Waals surface area contributed by atoms with Gasteiger partial charge in [-0.3, -0.25) is 14.3 Å². The number of anilines is 1. The molecule has 3 fully saturated rings. The molecule has 0 saturated carbocycles. The molecule has 2 N–H and O–H groups in total. The number of amides is 3. The number of aromatic nitrogens is 3. The molecule has 14 heteroatoms. The van der Waals surface area contributed by atoms with Crippen LogP contribution in [0.3, 0.4) is 0 Å². The Morgan fingerprint density at radius 1 is 0.963 bits per heavy atom. The largest absolute Gasteiger partial charge is 0.444 e. The Hall–Kier alpha value is -4.43. The maximum absolute atomic E-state index is 14.2. The molecule has 294 valence electrons. The van der Waals surface area contributed by atoms with Crippen molar-refractivity contribution in [3.8, 4) is 11.3 Å². The summed E-state index contributed by atoms with van der Waals surface area (Å²) in [7, 11) is 1.89. The third kappa shape index (κ3) is 9.26. The normalized spacial score (nSPS) is 21.4. The van der Waals surface area contributed by atoms with Gasteiger partial charge in [-0.2, -0.15) is 5.10 Å². The topological polar surface area (TPSA) is 156 Å². The van der Waals surface area contributed by atoms with Gasteiger partial charge >= 0.3 is 6.09 Å². The second-order valence-electron chi connectivity index (χ2n) is 16.4. The molecule has 4 atom stereocenters. The van der Waals surface area contributed by atoms with Crippen LogP contribution in [0.2, 0.25) is 0 Å². The van der Waals surface area contributed by atoms with Crippen molar-refractivity contribution in [3.05, 3.63) is 53.9 Å². The number of piperidine rings is 2. The van der Waals surface area contributed by atoms with Gasteiger partial charge in [0.2, 0.25) is 11.8 Å². The van der Waals surface area contributed by atoms with E-state index in [4.69, 9.17) is 14.0 Å². The number of carbonyl (C=O) groups excluding carboxylic acids is 3. The van der Waals surface area contributed by atoms with Crippen molar-refractivity contribution in [1.82, 2.24) is 30.1 Å². The number of hydrogen-bond acceptors (Lipinski definition) is 10. The Bertz CT molecular complexity index is 1730. The zero-order valence-corrected chi connectivity index (χ0v) is 32.7. The Balaban J connectivity index is 1.02. The van der Waals surface area contributed by atoms with Crippen LogP contribution in [-0.2, 0) is 26.1 Å². The van der Waals surface area contributed by atoms with Gasteiger partial charge in [0.15, 0.2) is 11.6 Å². The van der Waals surface area contributed by atoms with Gasteiger partial charge in [-0.05, 0) is 76.5 Å². The summed E-state index contributed by atoms with van der Waals surface area (Å²) in [5, 5.41) is 22.3. The molecule has 54 heavy (non-hydrogen) atoms. The highest BCUT2D eigenvalue weighted by molar-refractivity contribution is 5.91. The van der Waals surface area contributed by atoms with Crippen LogP contribution in [-0.4, -0.2) is 110 Å². The van der Waals surface area contributed by atoms with Gasteiger partial charge in [-0.25, -0.2) is 4.79 Å². The Kier molecular flexibility index (Phi) is 12.0. The molecule has 5 heterocycles. The van der Waals surface area contributed by atoms with Crippen molar-refractivity contribution in [1.29, 1.82) is 0 Å². The SMILES string of the molecule is CC(C)[C@@H](C(=O)N1C[C@H](O)C[C@H]1C(=O)N[C@@H](C)c1ccc(-c2ccnn2C)cc1)c1cc(N2CCC(OC3CCN(C(=O)OC(C)(C)C)CC3)CC2)no1. The zero-order chi connectivity index (χ0) is 38.7. The Morgan fingerprint density at radius 2 is 1.61 bits per heavy atom. The van der Waals surface area contributed by atoms with Crippen LogP contribution >= 0.6 is 0 Å². The Labute approximate surface area is 318 Å². The number of nitrogens with one attached hydrogen (secondary N) is 1. The lowest BCUT2D eigenvalue weighted by Crippen LogP contribution is -2.48. The molecular weight excluding hydrogens is 690 g/mol. The van der Waals surface area contributed by atoms with Crippen molar-refractivity contribution in [3.63, 3.8) is 0 Å². The summed E-state index contributed by atoms with van der Waals surface area (Å²) in [5.74, 6) is -0.257. The number of nitrogens with zero attached hydrogens (tertiary/aromatic N) is 6. The van der Waals surface area contributed by atoms with E-state index in [-0.39, 0.29) is 55.0 Å². The van der Waals surface area contributed by atoms with Gasteiger partial charge in [-0.15, -0.1) is 0 Å². The molecule has 3 aliphatic rings. The molecule has 0 bridgehead atoms. The van der Waals surface area contributed by atoms with Crippen LogP contribution in [0.5, 0.6) is 0 Å². The fraction of sp³-hybridized carbons (Fsp3) is 0.625. The molecule has 3 aliphatic heterocycles. The molecule has 3 saturated heterocycles. The number of β-amino-alcohol motifs (C(OH)–C–C–N with tert-alkyl or cyclic N) is 1. The molecule has 3 amide bonds. The number of hydrogen-bond donors (Lipinski definition) is 2. The summed E-state index contributed by atoms with van der Waals surface area (Å²) in [5.41, 5.74) is 2.43. The number of ether oxygens (including phenoxy) is 2. The molecule has 0 unspecified atom stereocenters. The predicted octanol–water partition coefficient (Wildman–Crippen LogP) is 5.04. The highest BCUT2D eigenvalue weighted by Gasteiger charge is 2.44. The van der Waals surface area contributed by atoms with Crippen LogP contribution < -0.4 is 10.2 Å². The third-order valence-electron chi connectivity index (χ3n) is 10.8. The quantitative estimate of drug-likeness (QED) is 0.288. The van der Waals surface area contributed by atoms with Crippen LogP contribution in [0, 0.1) is 5.92 Å². The van der Waals surface area contributed by atoms with Gasteiger partial charge in [0.1, 0.15) is 17.6 Å². The number of aryl methyl sites for hydroxylation is 1. The van der Waals surface area contributed by atoms with Crippen LogP contribution in [0.4, 0.5) is 10.6 Å². The number of aliphatic hydroxyl groups is 1. The highest BCUT2D eigenvalue weighted by Crippen LogP contribution is 2.34. The first-order valence-corrected chi connectivity index (χ1v) is 19.4. The fourth-order valence-corrected chi connectivity index (χ4v) is 7.78. The van der Waals surface area contributed by atoms with E-state index in [1.807, 2.05) is 89.7 Å². The fourth-order valence-electron chi connectivity index (χ4n) is 7.78. The first-order chi connectivity index (χ1) is 25.7. The minimum atomic E-state index is -0.809. The molecule has 2 aromatic heterocycles. The van der Waals surface area contributed by atoms with Gasteiger partial charge < -0.3 is 39.1 Å². The molecule has 1 aromatic carbocycles. The van der Waals surface area contributed by atoms with Crippen molar-refractivity contribution < 1.29 is 33.5 Å². The van der Waals surface area contributed by atoms with Gasteiger partial charge in [0.05, 0.1) is 30.0 Å². The van der Waals surface area contributed by atoms with E-state index in [1.54, 1.807) is 11.1 Å². The number of benzene rings is 1. The van der Waals surface area contributed by atoms with E-state index in [1.165, 1.54) is 4.90 Å². The summed E-state index contributed by atoms with van der Waals surface area (Å²) >= 11 is 0. The first kappa shape index (κ1) is 39.3. The van der Waals surface area contributed by atoms with Crippen LogP contribution in [0.15, 0.2) is 47.1 Å². The number of rotatable bonds is 10. The van der Waals surface area contributed by atoms with Crippen molar-refractivity contribution >= 4 is 23.7 Å². The smallest absolute Gasteiger partial charge is 0.410 e. The van der Waals surface area contributed by atoms with E-state index in [0.29, 0.717) is 24.7 Å². The van der Waals surface area contributed by atoms with Crippen molar-refractivity contribution in [2.75, 3.05) is 37.6 Å². The lowest BCUT2D eigenvalue weighted by Gasteiger charge is -2.37. The summed E-state index contributed by atoms with van der Waals surface area (Å²) in [4.78, 5) is 45.7. The van der Waals surface area contributed by atoms with Gasteiger partial charge in [0, 0.05) is 58.5 Å². The molecule has 14 nitrogen and oxygen atoms in total. The van der Waals surface area contributed by atoms with E-state index < -0.39 is 23.7 Å². The standard InChI is InChI=1S/C40H57N7O7/c1-25(2)36(34-23-35(43-54-34)45-18-13-30(14-19-45)52-31-15-20-46(21-16-31)39(51)53-40(4,5)6)38(50)47-24-29(48)22-33(47)37(49)42-26(3)27-8-10-28(11-9-27)32-12-17-41-44(32)7/h8-12,17,23,25-26,29-31,33,36,48H,13-16,18-22,24H2,1-7H3,(H,42,49)/t26-,29+,33-,36+/m0/s1. The molecule has 0 spiro atoms. The summed E-state index contributed by atoms with van der Waals surface area (Å²) < 4.78 is 19.6. The lowest BCUT2D eigenvalue weighted by atomic mass is 9.91. The van der Waals surface area contributed by atoms with E-state index in [9.17, 15) is 19.5 Å².